The fourth-order valence-corrected chi connectivity index (χ4v) is 4.12. The summed E-state index contributed by atoms with van der Waals surface area (Å²) in [5, 5.41) is 11.2. The van der Waals surface area contributed by atoms with Gasteiger partial charge < -0.3 is 4.52 Å². The first-order valence-corrected chi connectivity index (χ1v) is 9.18. The van der Waals surface area contributed by atoms with Crippen molar-refractivity contribution in [3.8, 4) is 10.6 Å². The summed E-state index contributed by atoms with van der Waals surface area (Å²) in [4.78, 5) is 9.61. The van der Waals surface area contributed by atoms with Crippen LogP contribution in [0.4, 0.5) is 0 Å². The number of aromatic amines is 1. The van der Waals surface area contributed by atoms with Crippen LogP contribution < -0.4 is 0 Å². The maximum absolute atomic E-state index is 5.53. The molecule has 1 aliphatic rings. The highest BCUT2D eigenvalue weighted by atomic mass is 32.1. The average Bonchev–Trinajstić information content (AvgIpc) is 3.35. The van der Waals surface area contributed by atoms with Crippen LogP contribution in [0.3, 0.4) is 0 Å². The summed E-state index contributed by atoms with van der Waals surface area (Å²) in [6.45, 7) is 6.16. The smallest absolute Gasteiger partial charge is 0.244 e. The van der Waals surface area contributed by atoms with E-state index in [1.54, 1.807) is 17.5 Å². The normalized spacial score (nSPS) is 18.7. The number of rotatable bonds is 5. The molecule has 1 aliphatic heterocycles. The van der Waals surface area contributed by atoms with Crippen LogP contribution in [0.25, 0.3) is 10.6 Å². The molecule has 1 N–H and O–H groups in total. The van der Waals surface area contributed by atoms with Crippen LogP contribution in [0.1, 0.15) is 55.2 Å². The van der Waals surface area contributed by atoms with E-state index in [9.17, 15) is 0 Å². The molecule has 1 fully saturated rings. The number of H-pyrrole nitrogens is 1. The fraction of sp³-hybridized carbons (Fsp3) is 0.471. The second kappa shape index (κ2) is 6.49. The zero-order valence-corrected chi connectivity index (χ0v) is 14.7. The molecule has 3 aromatic rings. The highest BCUT2D eigenvalue weighted by Gasteiger charge is 2.31. The van der Waals surface area contributed by atoms with E-state index in [2.05, 4.69) is 51.2 Å². The Kier molecular flexibility index (Phi) is 4.20. The highest BCUT2D eigenvalue weighted by Crippen LogP contribution is 2.35. The van der Waals surface area contributed by atoms with Crippen molar-refractivity contribution in [2.45, 2.75) is 45.2 Å². The predicted molar refractivity (Wildman–Crippen MR) is 92.7 cm³/mol. The molecule has 3 aromatic heterocycles. The molecule has 0 radical (unpaired) electrons. The largest absolute Gasteiger partial charge is 0.338 e. The molecule has 0 saturated carbocycles. The Bertz CT molecular complexity index is 792. The molecular formula is C17H21N5OS. The van der Waals surface area contributed by atoms with Crippen molar-refractivity contribution < 1.29 is 4.52 Å². The maximum Gasteiger partial charge on any atom is 0.244 e. The zero-order valence-electron chi connectivity index (χ0n) is 13.9. The van der Waals surface area contributed by atoms with E-state index in [0.29, 0.717) is 5.92 Å². The summed E-state index contributed by atoms with van der Waals surface area (Å²) in [6.07, 6.45) is 4.04. The zero-order chi connectivity index (χ0) is 16.5. The molecule has 1 atom stereocenters. The first kappa shape index (κ1) is 15.5. The minimum absolute atomic E-state index is 0.239. The van der Waals surface area contributed by atoms with Crippen molar-refractivity contribution in [3.05, 3.63) is 41.0 Å². The number of aromatic nitrogens is 4. The van der Waals surface area contributed by atoms with Crippen LogP contribution in [0.5, 0.6) is 0 Å². The van der Waals surface area contributed by atoms with E-state index in [-0.39, 0.29) is 6.04 Å². The van der Waals surface area contributed by atoms with E-state index in [0.717, 1.165) is 36.9 Å². The van der Waals surface area contributed by atoms with Crippen molar-refractivity contribution in [2.24, 2.45) is 0 Å². The molecule has 0 unspecified atom stereocenters. The highest BCUT2D eigenvalue weighted by molar-refractivity contribution is 7.15. The number of likely N-dealkylation sites (tertiary alicyclic amines) is 1. The summed E-state index contributed by atoms with van der Waals surface area (Å²) in [5.74, 6) is 1.86. The van der Waals surface area contributed by atoms with Crippen LogP contribution in [0, 0.1) is 0 Å². The quantitative estimate of drug-likeness (QED) is 0.758. The third-order valence-corrected chi connectivity index (χ3v) is 5.51. The summed E-state index contributed by atoms with van der Waals surface area (Å²) in [7, 11) is 0. The van der Waals surface area contributed by atoms with Gasteiger partial charge in [-0.05, 0) is 37.6 Å². The van der Waals surface area contributed by atoms with Gasteiger partial charge in [0.15, 0.2) is 5.82 Å². The van der Waals surface area contributed by atoms with Gasteiger partial charge in [-0.25, -0.2) is 0 Å². The number of nitrogens with one attached hydrogen (secondary N) is 1. The molecule has 1 saturated heterocycles. The molecule has 4 heterocycles. The lowest BCUT2D eigenvalue weighted by molar-refractivity contribution is 0.202. The second-order valence-corrected chi connectivity index (χ2v) is 7.68. The van der Waals surface area contributed by atoms with Crippen LogP contribution in [0.2, 0.25) is 0 Å². The molecule has 24 heavy (non-hydrogen) atoms. The number of hydrogen-bond acceptors (Lipinski definition) is 6. The summed E-state index contributed by atoms with van der Waals surface area (Å²) >= 11 is 1.81. The Morgan fingerprint density at radius 3 is 3.04 bits per heavy atom. The Balaban J connectivity index is 1.49. The van der Waals surface area contributed by atoms with Gasteiger partial charge in [0.2, 0.25) is 5.89 Å². The van der Waals surface area contributed by atoms with Crippen molar-refractivity contribution >= 4 is 11.3 Å². The van der Waals surface area contributed by atoms with E-state index >= 15 is 0 Å². The average molecular weight is 343 g/mol. The monoisotopic (exact) mass is 343 g/mol. The minimum Gasteiger partial charge on any atom is -0.338 e. The molecule has 7 heteroatoms. The van der Waals surface area contributed by atoms with Crippen molar-refractivity contribution in [1.82, 2.24) is 25.2 Å². The van der Waals surface area contributed by atoms with E-state index < -0.39 is 0 Å². The van der Waals surface area contributed by atoms with Gasteiger partial charge in [-0.3, -0.25) is 10.00 Å². The van der Waals surface area contributed by atoms with Crippen LogP contribution in [-0.2, 0) is 6.54 Å². The maximum atomic E-state index is 5.53. The third kappa shape index (κ3) is 3.01. The van der Waals surface area contributed by atoms with Crippen LogP contribution in [0.15, 0.2) is 28.9 Å². The van der Waals surface area contributed by atoms with Gasteiger partial charge in [-0.2, -0.15) is 10.1 Å². The van der Waals surface area contributed by atoms with E-state index in [1.807, 2.05) is 6.07 Å². The van der Waals surface area contributed by atoms with Crippen molar-refractivity contribution in [2.75, 3.05) is 6.54 Å². The number of nitrogens with zero attached hydrogens (tertiary/aromatic N) is 4. The van der Waals surface area contributed by atoms with Gasteiger partial charge >= 0.3 is 0 Å². The van der Waals surface area contributed by atoms with Gasteiger partial charge in [0.05, 0.1) is 16.6 Å². The lowest BCUT2D eigenvalue weighted by atomic mass is 10.2. The number of hydrogen-bond donors (Lipinski definition) is 1. The molecule has 126 valence electrons. The first-order valence-electron chi connectivity index (χ1n) is 8.36. The minimum atomic E-state index is 0.239. The lowest BCUT2D eigenvalue weighted by Gasteiger charge is -2.20. The van der Waals surface area contributed by atoms with Crippen LogP contribution in [-0.4, -0.2) is 31.8 Å². The molecule has 0 spiro atoms. The molecule has 6 nitrogen and oxygen atoms in total. The number of thiophene rings is 1. The van der Waals surface area contributed by atoms with Gasteiger partial charge in [0.25, 0.3) is 0 Å². The molecule has 0 aliphatic carbocycles. The van der Waals surface area contributed by atoms with Crippen molar-refractivity contribution in [3.63, 3.8) is 0 Å². The molecule has 0 bridgehead atoms. The van der Waals surface area contributed by atoms with Gasteiger partial charge in [0.1, 0.15) is 0 Å². The standard InChI is InChI=1S/C17H21N5OS/c1-11(2)16-19-17(23-21-16)14-4-3-9-22(14)10-12-5-6-15(24-12)13-7-8-18-20-13/h5-8,11,14H,3-4,9-10H2,1-2H3,(H,18,20)/t14-/m0/s1. The Labute approximate surface area is 144 Å². The third-order valence-electron chi connectivity index (χ3n) is 4.41. The van der Waals surface area contributed by atoms with Crippen molar-refractivity contribution in [1.29, 1.82) is 0 Å². The molecule has 4 rings (SSSR count). The Hall–Kier alpha value is -1.99. The Morgan fingerprint density at radius 2 is 2.29 bits per heavy atom. The topological polar surface area (TPSA) is 70.8 Å². The summed E-state index contributed by atoms with van der Waals surface area (Å²) in [6, 6.07) is 6.59. The summed E-state index contributed by atoms with van der Waals surface area (Å²) < 4.78 is 5.53. The Morgan fingerprint density at radius 1 is 1.38 bits per heavy atom. The fourth-order valence-electron chi connectivity index (χ4n) is 3.11. The second-order valence-electron chi connectivity index (χ2n) is 6.51. The molecule has 0 aromatic carbocycles. The predicted octanol–water partition coefficient (Wildman–Crippen LogP) is 3.98. The van der Waals surface area contributed by atoms with Gasteiger partial charge in [0, 0.05) is 23.5 Å². The SMILES string of the molecule is CC(C)c1noc([C@@H]2CCCN2Cc2ccc(-c3ccn[nH]3)s2)n1. The van der Waals surface area contributed by atoms with Gasteiger partial charge in [-0.1, -0.05) is 19.0 Å². The molecular weight excluding hydrogens is 322 g/mol. The first-order chi connectivity index (χ1) is 11.7. The van der Waals surface area contributed by atoms with E-state index in [4.69, 9.17) is 4.52 Å². The van der Waals surface area contributed by atoms with Crippen LogP contribution >= 0.6 is 11.3 Å². The lowest BCUT2D eigenvalue weighted by Crippen LogP contribution is -2.22. The summed E-state index contributed by atoms with van der Waals surface area (Å²) in [5.41, 5.74) is 1.07. The van der Waals surface area contributed by atoms with E-state index in [1.165, 1.54) is 16.2 Å². The molecule has 0 amide bonds. The van der Waals surface area contributed by atoms with Gasteiger partial charge in [-0.15, -0.1) is 11.3 Å².